The Bertz CT molecular complexity index is 402. The van der Waals surface area contributed by atoms with Crippen molar-refractivity contribution < 1.29 is 4.79 Å². The summed E-state index contributed by atoms with van der Waals surface area (Å²) in [6, 6.07) is 5.26. The molecular weight excluding hydrogens is 245 g/mol. The summed E-state index contributed by atoms with van der Waals surface area (Å²) in [4.78, 5) is 11.9. The molecule has 0 radical (unpaired) electrons. The number of halogens is 2. The molecule has 0 aromatic heterocycles. The maximum Gasteiger partial charge on any atom is 0.156 e. The molecule has 0 aliphatic rings. The first-order valence-electron chi connectivity index (χ1n) is 5.13. The number of ketones is 1. The van der Waals surface area contributed by atoms with Gasteiger partial charge < -0.3 is 5.73 Å². The third-order valence-corrected chi connectivity index (χ3v) is 3.61. The zero-order chi connectivity index (χ0) is 12.3. The molecule has 16 heavy (non-hydrogen) atoms. The van der Waals surface area contributed by atoms with Crippen LogP contribution in [0.25, 0.3) is 0 Å². The van der Waals surface area contributed by atoms with Crippen molar-refractivity contribution in [2.45, 2.75) is 32.2 Å². The highest BCUT2D eigenvalue weighted by Crippen LogP contribution is 2.26. The second kappa shape index (κ2) is 5.17. The Morgan fingerprint density at radius 3 is 2.62 bits per heavy atom. The highest BCUT2D eigenvalue weighted by atomic mass is 35.5. The van der Waals surface area contributed by atoms with Crippen molar-refractivity contribution in [2.24, 2.45) is 5.73 Å². The normalized spacial score (nSPS) is 14.6. The third-order valence-electron chi connectivity index (χ3n) is 2.75. The van der Waals surface area contributed by atoms with E-state index in [0.29, 0.717) is 16.5 Å². The van der Waals surface area contributed by atoms with E-state index in [1.54, 1.807) is 25.1 Å². The van der Waals surface area contributed by atoms with Gasteiger partial charge in [0, 0.05) is 6.42 Å². The Kier molecular flexibility index (Phi) is 4.36. The molecule has 1 unspecified atom stereocenters. The van der Waals surface area contributed by atoms with Crippen molar-refractivity contribution in [1.29, 1.82) is 0 Å². The molecule has 0 saturated carbocycles. The lowest BCUT2D eigenvalue weighted by atomic mass is 9.90. The summed E-state index contributed by atoms with van der Waals surface area (Å²) in [5, 5.41) is 0.895. The van der Waals surface area contributed by atoms with Gasteiger partial charge in [-0.25, -0.2) is 0 Å². The van der Waals surface area contributed by atoms with Gasteiger partial charge in [0.1, 0.15) is 0 Å². The molecule has 2 N–H and O–H groups in total. The Morgan fingerprint density at radius 2 is 2.06 bits per heavy atom. The van der Waals surface area contributed by atoms with Crippen LogP contribution in [0.2, 0.25) is 10.0 Å². The molecule has 1 aromatic carbocycles. The van der Waals surface area contributed by atoms with Crippen molar-refractivity contribution in [3.8, 4) is 0 Å². The molecule has 1 atom stereocenters. The van der Waals surface area contributed by atoms with Crippen molar-refractivity contribution >= 4 is 29.0 Å². The molecule has 0 fully saturated rings. The molecule has 0 heterocycles. The topological polar surface area (TPSA) is 43.1 Å². The van der Waals surface area contributed by atoms with Crippen LogP contribution in [0.15, 0.2) is 18.2 Å². The lowest BCUT2D eigenvalue weighted by molar-refractivity contribution is -0.123. The average Bonchev–Trinajstić information content (AvgIpc) is 2.24. The van der Waals surface area contributed by atoms with Gasteiger partial charge in [-0.1, -0.05) is 42.3 Å². The first-order chi connectivity index (χ1) is 7.38. The van der Waals surface area contributed by atoms with Crippen LogP contribution < -0.4 is 5.73 Å². The minimum absolute atomic E-state index is 0.0285. The van der Waals surface area contributed by atoms with E-state index in [0.717, 1.165) is 5.56 Å². The van der Waals surface area contributed by atoms with E-state index in [1.165, 1.54) is 0 Å². The molecule has 0 saturated heterocycles. The van der Waals surface area contributed by atoms with E-state index < -0.39 is 5.54 Å². The van der Waals surface area contributed by atoms with E-state index in [9.17, 15) is 4.79 Å². The molecular formula is C12H15Cl2NO. The number of carbonyl (C=O) groups is 1. The second-order valence-corrected chi connectivity index (χ2v) is 4.87. The highest BCUT2D eigenvalue weighted by Gasteiger charge is 2.26. The van der Waals surface area contributed by atoms with E-state index >= 15 is 0 Å². The van der Waals surface area contributed by atoms with Crippen molar-refractivity contribution in [1.82, 2.24) is 0 Å². The predicted molar refractivity (Wildman–Crippen MR) is 68.1 cm³/mol. The Balaban J connectivity index is 2.90. The number of rotatable bonds is 4. The van der Waals surface area contributed by atoms with Crippen LogP contribution in [0.1, 0.15) is 25.8 Å². The molecule has 88 valence electrons. The lowest BCUT2D eigenvalue weighted by Crippen LogP contribution is -2.45. The van der Waals surface area contributed by atoms with Gasteiger partial charge in [-0.05, 0) is 25.0 Å². The summed E-state index contributed by atoms with van der Waals surface area (Å²) in [7, 11) is 0. The quantitative estimate of drug-likeness (QED) is 0.903. The van der Waals surface area contributed by atoms with E-state index in [-0.39, 0.29) is 12.2 Å². The summed E-state index contributed by atoms with van der Waals surface area (Å²) in [6.45, 7) is 3.62. The molecule has 0 amide bonds. The van der Waals surface area contributed by atoms with E-state index in [2.05, 4.69) is 0 Å². The Labute approximate surface area is 106 Å². The minimum Gasteiger partial charge on any atom is -0.319 e. The molecule has 0 spiro atoms. The van der Waals surface area contributed by atoms with Crippen molar-refractivity contribution in [3.05, 3.63) is 33.8 Å². The summed E-state index contributed by atoms with van der Waals surface area (Å²) in [5.74, 6) is -0.0285. The Morgan fingerprint density at radius 1 is 1.44 bits per heavy atom. The predicted octanol–water partition coefficient (Wildman–Crippen LogP) is 3.23. The SMILES string of the molecule is CCC(C)(N)C(=O)Cc1cccc(Cl)c1Cl. The van der Waals surface area contributed by atoms with Gasteiger partial charge in [0.05, 0.1) is 15.6 Å². The monoisotopic (exact) mass is 259 g/mol. The summed E-state index contributed by atoms with van der Waals surface area (Å²) in [5.41, 5.74) is 5.80. The first kappa shape index (κ1) is 13.5. The number of Topliss-reactive ketones (excluding diaryl/α,β-unsaturated/α-hetero) is 1. The van der Waals surface area contributed by atoms with Crippen LogP contribution in [0.4, 0.5) is 0 Å². The third kappa shape index (κ3) is 2.97. The van der Waals surface area contributed by atoms with Crippen LogP contribution in [0.3, 0.4) is 0 Å². The standard InChI is InChI=1S/C12H15Cl2NO/c1-3-12(2,15)10(16)7-8-5-4-6-9(13)11(8)14/h4-6H,3,7,15H2,1-2H3. The molecule has 0 bridgehead atoms. The molecule has 2 nitrogen and oxygen atoms in total. The molecule has 0 aliphatic heterocycles. The number of nitrogens with two attached hydrogens (primary N) is 1. The van der Waals surface area contributed by atoms with Crippen molar-refractivity contribution in [2.75, 3.05) is 0 Å². The lowest BCUT2D eigenvalue weighted by Gasteiger charge is -2.21. The maximum absolute atomic E-state index is 11.9. The van der Waals surface area contributed by atoms with Gasteiger partial charge in [-0.3, -0.25) is 4.79 Å². The summed E-state index contributed by atoms with van der Waals surface area (Å²) >= 11 is 11.9. The molecule has 1 aromatic rings. The highest BCUT2D eigenvalue weighted by molar-refractivity contribution is 6.42. The van der Waals surface area contributed by atoms with Crippen molar-refractivity contribution in [3.63, 3.8) is 0 Å². The minimum atomic E-state index is -0.800. The van der Waals surface area contributed by atoms with E-state index in [4.69, 9.17) is 28.9 Å². The molecule has 4 heteroatoms. The van der Waals surface area contributed by atoms with Crippen LogP contribution in [0.5, 0.6) is 0 Å². The van der Waals surface area contributed by atoms with Crippen LogP contribution in [0, 0.1) is 0 Å². The van der Waals surface area contributed by atoms with Gasteiger partial charge in [-0.2, -0.15) is 0 Å². The fraction of sp³-hybridized carbons (Fsp3) is 0.417. The Hall–Kier alpha value is -0.570. The van der Waals surface area contributed by atoms with Gasteiger partial charge in [0.2, 0.25) is 0 Å². The van der Waals surface area contributed by atoms with Crippen LogP contribution in [-0.2, 0) is 11.2 Å². The van der Waals surface area contributed by atoms with E-state index in [1.807, 2.05) is 6.92 Å². The first-order valence-corrected chi connectivity index (χ1v) is 5.89. The smallest absolute Gasteiger partial charge is 0.156 e. The fourth-order valence-electron chi connectivity index (χ4n) is 1.26. The number of carbonyl (C=O) groups excluding carboxylic acids is 1. The van der Waals surface area contributed by atoms with Crippen LogP contribution in [-0.4, -0.2) is 11.3 Å². The average molecular weight is 260 g/mol. The van der Waals surface area contributed by atoms with Gasteiger partial charge in [0.15, 0.2) is 5.78 Å². The molecule has 1 rings (SSSR count). The number of benzene rings is 1. The molecule has 0 aliphatic carbocycles. The summed E-state index contributed by atoms with van der Waals surface area (Å²) in [6.07, 6.45) is 0.824. The number of hydrogen-bond acceptors (Lipinski definition) is 2. The fourth-order valence-corrected chi connectivity index (χ4v) is 1.64. The zero-order valence-electron chi connectivity index (χ0n) is 9.39. The van der Waals surface area contributed by atoms with Gasteiger partial charge in [0.25, 0.3) is 0 Å². The number of hydrogen-bond donors (Lipinski definition) is 1. The summed E-state index contributed by atoms with van der Waals surface area (Å²) < 4.78 is 0. The van der Waals surface area contributed by atoms with Gasteiger partial charge in [-0.15, -0.1) is 0 Å². The van der Waals surface area contributed by atoms with Gasteiger partial charge >= 0.3 is 0 Å². The maximum atomic E-state index is 11.9. The zero-order valence-corrected chi connectivity index (χ0v) is 10.9. The van der Waals surface area contributed by atoms with Crippen LogP contribution >= 0.6 is 23.2 Å². The second-order valence-electron chi connectivity index (χ2n) is 4.08. The largest absolute Gasteiger partial charge is 0.319 e.